The molecule has 4 nitrogen and oxygen atoms in total. The molecule has 0 unspecified atom stereocenters. The van der Waals surface area contributed by atoms with Gasteiger partial charge in [0.25, 0.3) is 0 Å². The molecule has 1 heterocycles. The number of likely N-dealkylation sites (N-methyl/N-ethyl adjacent to an activating group) is 2. The van der Waals surface area contributed by atoms with Gasteiger partial charge in [-0.3, -0.25) is 0 Å². The maximum atomic E-state index is 4.55. The summed E-state index contributed by atoms with van der Waals surface area (Å²) >= 11 is 0. The first-order chi connectivity index (χ1) is 7.06. The number of anilines is 1. The van der Waals surface area contributed by atoms with Gasteiger partial charge in [0.2, 0.25) is 5.95 Å². The fraction of sp³-hybridized carbons (Fsp3) is 0.727. The molecule has 0 radical (unpaired) electrons. The van der Waals surface area contributed by atoms with Crippen molar-refractivity contribution < 1.29 is 0 Å². The lowest BCUT2D eigenvalue weighted by Crippen LogP contribution is -2.29. The Kier molecular flexibility index (Phi) is 4.15. The van der Waals surface area contributed by atoms with Gasteiger partial charge in [0.1, 0.15) is 0 Å². The topological polar surface area (TPSA) is 33.1 Å². The molecule has 0 aliphatic heterocycles. The maximum Gasteiger partial charge on any atom is 0.205 e. The monoisotopic (exact) mass is 210 g/mol. The number of hydrogen-bond acceptors (Lipinski definition) is 3. The number of aromatic nitrogens is 2. The average molecular weight is 210 g/mol. The third-order valence-electron chi connectivity index (χ3n) is 2.43. The van der Waals surface area contributed by atoms with E-state index in [1.165, 1.54) is 0 Å². The first-order valence-electron chi connectivity index (χ1n) is 5.47. The van der Waals surface area contributed by atoms with E-state index in [0.717, 1.165) is 24.7 Å². The lowest BCUT2D eigenvalue weighted by atomic mass is 10.4. The molecule has 0 atom stereocenters. The van der Waals surface area contributed by atoms with Gasteiger partial charge < -0.3 is 14.8 Å². The normalized spacial score (nSPS) is 11.1. The molecule has 86 valence electrons. The molecule has 0 fully saturated rings. The van der Waals surface area contributed by atoms with E-state index in [-0.39, 0.29) is 0 Å². The third-order valence-corrected chi connectivity index (χ3v) is 2.43. The highest BCUT2D eigenvalue weighted by Crippen LogP contribution is 2.17. The van der Waals surface area contributed by atoms with Crippen molar-refractivity contribution in [2.45, 2.75) is 26.8 Å². The molecule has 0 bridgehead atoms. The zero-order valence-electron chi connectivity index (χ0n) is 10.4. The Hall–Kier alpha value is -1.03. The van der Waals surface area contributed by atoms with Crippen LogP contribution in [-0.4, -0.2) is 36.7 Å². The molecule has 0 amide bonds. The summed E-state index contributed by atoms with van der Waals surface area (Å²) in [4.78, 5) is 6.73. The van der Waals surface area contributed by atoms with Gasteiger partial charge in [-0.15, -0.1) is 0 Å². The zero-order valence-corrected chi connectivity index (χ0v) is 10.4. The molecule has 1 N–H and O–H groups in total. The van der Waals surface area contributed by atoms with Crippen molar-refractivity contribution in [2.24, 2.45) is 0 Å². The summed E-state index contributed by atoms with van der Waals surface area (Å²) in [5, 5.41) is 3.15. The quantitative estimate of drug-likeness (QED) is 0.798. The van der Waals surface area contributed by atoms with Crippen LogP contribution in [0, 0.1) is 6.92 Å². The Morgan fingerprint density at radius 3 is 2.73 bits per heavy atom. The summed E-state index contributed by atoms with van der Waals surface area (Å²) in [7, 11) is 4.05. The fourth-order valence-corrected chi connectivity index (χ4v) is 1.55. The minimum atomic E-state index is 0.457. The van der Waals surface area contributed by atoms with Crippen LogP contribution >= 0.6 is 0 Å². The van der Waals surface area contributed by atoms with Gasteiger partial charge in [0.15, 0.2) is 0 Å². The molecular formula is C11H22N4. The van der Waals surface area contributed by atoms with Crippen LogP contribution in [0.15, 0.2) is 6.20 Å². The molecule has 0 saturated carbocycles. The van der Waals surface area contributed by atoms with Gasteiger partial charge in [-0.1, -0.05) is 0 Å². The number of aryl methyl sites for hydroxylation is 1. The van der Waals surface area contributed by atoms with Crippen LogP contribution in [0.3, 0.4) is 0 Å². The Labute approximate surface area is 92.3 Å². The summed E-state index contributed by atoms with van der Waals surface area (Å²) in [5.41, 5.74) is 1.08. The molecule has 1 rings (SSSR count). The van der Waals surface area contributed by atoms with E-state index in [9.17, 15) is 0 Å². The lowest BCUT2D eigenvalue weighted by molar-refractivity contribution is 0.589. The van der Waals surface area contributed by atoms with Crippen LogP contribution in [-0.2, 0) is 0 Å². The van der Waals surface area contributed by atoms with E-state index in [4.69, 9.17) is 0 Å². The molecule has 0 aliphatic carbocycles. The van der Waals surface area contributed by atoms with E-state index < -0.39 is 0 Å². The standard InChI is InChI=1S/C11H22N4/c1-9(2)15-8-10(3)13-11(15)14(5)7-6-12-4/h8-9,12H,6-7H2,1-5H3. The predicted octanol–water partition coefficient (Wildman–Crippen LogP) is 1.43. The van der Waals surface area contributed by atoms with Crippen LogP contribution < -0.4 is 10.2 Å². The molecular weight excluding hydrogens is 188 g/mol. The summed E-state index contributed by atoms with van der Waals surface area (Å²) in [6.07, 6.45) is 2.11. The molecule has 0 saturated heterocycles. The number of rotatable bonds is 5. The van der Waals surface area contributed by atoms with Gasteiger partial charge in [0.05, 0.1) is 5.69 Å². The first kappa shape index (κ1) is 12.0. The van der Waals surface area contributed by atoms with Gasteiger partial charge in [-0.25, -0.2) is 4.98 Å². The lowest BCUT2D eigenvalue weighted by Gasteiger charge is -2.21. The molecule has 1 aromatic heterocycles. The van der Waals surface area contributed by atoms with Gasteiger partial charge in [-0.05, 0) is 27.8 Å². The van der Waals surface area contributed by atoms with Crippen molar-refractivity contribution in [3.63, 3.8) is 0 Å². The van der Waals surface area contributed by atoms with Crippen molar-refractivity contribution in [3.05, 3.63) is 11.9 Å². The number of nitrogens with one attached hydrogen (secondary N) is 1. The maximum absolute atomic E-state index is 4.55. The number of nitrogens with zero attached hydrogens (tertiary/aromatic N) is 3. The minimum Gasteiger partial charge on any atom is -0.344 e. The summed E-state index contributed by atoms with van der Waals surface area (Å²) in [5.74, 6) is 1.05. The molecule has 0 spiro atoms. The van der Waals surface area contributed by atoms with Gasteiger partial charge in [0, 0.05) is 32.4 Å². The summed E-state index contributed by atoms with van der Waals surface area (Å²) < 4.78 is 2.21. The van der Waals surface area contributed by atoms with Crippen LogP contribution in [0.1, 0.15) is 25.6 Å². The fourth-order valence-electron chi connectivity index (χ4n) is 1.55. The highest BCUT2D eigenvalue weighted by atomic mass is 15.3. The highest BCUT2D eigenvalue weighted by Gasteiger charge is 2.11. The second kappa shape index (κ2) is 5.16. The van der Waals surface area contributed by atoms with E-state index in [1.807, 2.05) is 14.0 Å². The summed E-state index contributed by atoms with van der Waals surface area (Å²) in [6, 6.07) is 0.457. The smallest absolute Gasteiger partial charge is 0.205 e. The van der Waals surface area contributed by atoms with Crippen LogP contribution in [0.4, 0.5) is 5.95 Å². The van der Waals surface area contributed by atoms with E-state index in [1.54, 1.807) is 0 Å². The summed E-state index contributed by atoms with van der Waals surface area (Å²) in [6.45, 7) is 8.33. The average Bonchev–Trinajstić information content (AvgIpc) is 2.57. The first-order valence-corrected chi connectivity index (χ1v) is 5.47. The van der Waals surface area contributed by atoms with Crippen molar-refractivity contribution >= 4 is 5.95 Å². The third kappa shape index (κ3) is 2.96. The van der Waals surface area contributed by atoms with Crippen molar-refractivity contribution in [3.8, 4) is 0 Å². The highest BCUT2D eigenvalue weighted by molar-refractivity contribution is 5.32. The van der Waals surface area contributed by atoms with Crippen molar-refractivity contribution in [1.29, 1.82) is 0 Å². The number of imidazole rings is 1. The Bertz CT molecular complexity index is 304. The van der Waals surface area contributed by atoms with Crippen molar-refractivity contribution in [2.75, 3.05) is 32.1 Å². The van der Waals surface area contributed by atoms with E-state index in [0.29, 0.717) is 6.04 Å². The predicted molar refractivity (Wildman–Crippen MR) is 64.5 cm³/mol. The number of hydrogen-bond donors (Lipinski definition) is 1. The molecule has 4 heteroatoms. The molecule has 0 aliphatic rings. The van der Waals surface area contributed by atoms with Crippen LogP contribution in [0.5, 0.6) is 0 Å². The van der Waals surface area contributed by atoms with Crippen LogP contribution in [0.2, 0.25) is 0 Å². The second-order valence-electron chi connectivity index (χ2n) is 4.21. The Morgan fingerprint density at radius 2 is 2.20 bits per heavy atom. The van der Waals surface area contributed by atoms with Crippen LogP contribution in [0.25, 0.3) is 0 Å². The van der Waals surface area contributed by atoms with Gasteiger partial charge >= 0.3 is 0 Å². The van der Waals surface area contributed by atoms with Gasteiger partial charge in [-0.2, -0.15) is 0 Å². The SMILES string of the molecule is CNCCN(C)c1nc(C)cn1C(C)C. The zero-order chi connectivity index (χ0) is 11.4. The van der Waals surface area contributed by atoms with E-state index in [2.05, 4.69) is 46.9 Å². The van der Waals surface area contributed by atoms with E-state index >= 15 is 0 Å². The Morgan fingerprint density at radius 1 is 1.53 bits per heavy atom. The minimum absolute atomic E-state index is 0.457. The second-order valence-corrected chi connectivity index (χ2v) is 4.21. The molecule has 0 aromatic carbocycles. The Balaban J connectivity index is 2.82. The molecule has 1 aromatic rings. The van der Waals surface area contributed by atoms with Crippen molar-refractivity contribution in [1.82, 2.24) is 14.9 Å². The molecule has 15 heavy (non-hydrogen) atoms. The largest absolute Gasteiger partial charge is 0.344 e.